The van der Waals surface area contributed by atoms with E-state index in [1.807, 2.05) is 32.9 Å². The molecule has 0 bridgehead atoms. The molecule has 37 nitrogen and oxygen atoms in total. The van der Waals surface area contributed by atoms with E-state index in [9.17, 15) is 77.3 Å². The number of aldehydes is 1. The summed E-state index contributed by atoms with van der Waals surface area (Å²) in [4.78, 5) is 232. The van der Waals surface area contributed by atoms with E-state index in [0.717, 1.165) is 0 Å². The number of nitrogens with two attached hydrogens (primary N) is 4. The number of nitrogens with one attached hydrogen (secondary N) is 14. The van der Waals surface area contributed by atoms with Crippen molar-refractivity contribution in [3.8, 4) is 5.75 Å². The number of phenols is 1. The van der Waals surface area contributed by atoms with E-state index in [4.69, 9.17) is 23.0 Å². The normalized spacial score (nSPS) is 23.8. The van der Waals surface area contributed by atoms with Gasteiger partial charge in [-0.25, -0.2) is 5.43 Å². The Balaban J connectivity index is 2.20. The maximum atomic E-state index is 15.2. The fourth-order valence-corrected chi connectivity index (χ4v) is 15.3. The van der Waals surface area contributed by atoms with Crippen LogP contribution in [0, 0.1) is 29.6 Å². The molecule has 3 rings (SSSR count). The number of carbonyl (C=O) groups excluding carboxylic acids is 16. The van der Waals surface area contributed by atoms with Crippen LogP contribution in [0.25, 0.3) is 0 Å². The Morgan fingerprint density at radius 2 is 1.13 bits per heavy atom. The van der Waals surface area contributed by atoms with E-state index in [1.165, 1.54) is 56.9 Å². The highest BCUT2D eigenvalue weighted by Gasteiger charge is 2.46. The average molecular weight is 1790 g/mol. The Labute approximate surface area is 750 Å². The molecule has 2 aliphatic heterocycles. The Morgan fingerprint density at radius 1 is 0.575 bits per heavy atom. The summed E-state index contributed by atoms with van der Waals surface area (Å²) in [5.74, 6) is -8.03. The van der Waals surface area contributed by atoms with Crippen LogP contribution < -0.4 is 97.6 Å². The second-order valence-electron chi connectivity index (χ2n) is 36.1. The van der Waals surface area contributed by atoms with Crippen LogP contribution in [-0.2, 0) is 83.1 Å². The fraction of sp³-hybridized carbons (Fsp3) is 0.733. The molecule has 2 aliphatic rings. The first-order valence-electron chi connectivity index (χ1n) is 45.9. The summed E-state index contributed by atoms with van der Waals surface area (Å²) in [6.45, 7) is 25.2. The molecule has 13 amide bonds. The third-order valence-corrected chi connectivity index (χ3v) is 23.7. The first-order valence-corrected chi connectivity index (χ1v) is 45.9. The number of likely N-dealkylation sites (tertiary alicyclic amines) is 1. The largest absolute Gasteiger partial charge is 0.508 e. The lowest BCUT2D eigenvalue weighted by Crippen LogP contribution is -2.65. The molecule has 24 N–H and O–H groups in total. The van der Waals surface area contributed by atoms with Gasteiger partial charge in [-0.3, -0.25) is 83.1 Å². The maximum absolute atomic E-state index is 15.2. The molecular formula is C90H155N19O18. The van der Waals surface area contributed by atoms with Crippen molar-refractivity contribution < 1.29 is 86.9 Å². The Morgan fingerprint density at radius 3 is 1.69 bits per heavy atom. The number of ketones is 2. The van der Waals surface area contributed by atoms with E-state index in [2.05, 4.69) is 74.5 Å². The van der Waals surface area contributed by atoms with Gasteiger partial charge in [0.1, 0.15) is 84.0 Å². The lowest BCUT2D eigenvalue weighted by molar-refractivity contribution is -0.145. The highest BCUT2D eigenvalue weighted by atomic mass is 16.3. The number of unbranched alkanes of at least 4 members (excludes halogenated alkanes) is 3. The first kappa shape index (κ1) is 112. The van der Waals surface area contributed by atoms with Crippen LogP contribution in [0.15, 0.2) is 36.4 Å². The molecule has 0 saturated carbocycles. The van der Waals surface area contributed by atoms with Gasteiger partial charge in [0.05, 0.1) is 30.3 Å². The van der Waals surface area contributed by atoms with Crippen LogP contribution >= 0.6 is 0 Å². The van der Waals surface area contributed by atoms with Gasteiger partial charge in [0.2, 0.25) is 88.4 Å². The molecule has 37 heteroatoms. The molecule has 1 fully saturated rings. The van der Waals surface area contributed by atoms with Crippen LogP contribution in [0.1, 0.15) is 264 Å². The fourth-order valence-electron chi connectivity index (χ4n) is 15.3. The summed E-state index contributed by atoms with van der Waals surface area (Å²) in [6.07, 6.45) is 12.1. The van der Waals surface area contributed by atoms with E-state index in [1.54, 1.807) is 55.4 Å². The van der Waals surface area contributed by atoms with Gasteiger partial charge in [0.15, 0.2) is 0 Å². The second-order valence-corrected chi connectivity index (χ2v) is 36.1. The second kappa shape index (κ2) is 57.5. The number of rotatable bonds is 42. The third kappa shape index (κ3) is 37.7. The summed E-state index contributed by atoms with van der Waals surface area (Å²) in [6, 6.07) is -12.0. The van der Waals surface area contributed by atoms with Gasteiger partial charge in [-0.05, 0) is 217 Å². The zero-order chi connectivity index (χ0) is 95.4. The Hall–Kier alpha value is -9.40. The molecule has 0 spiro atoms. The molecule has 0 aliphatic carbocycles. The summed E-state index contributed by atoms with van der Waals surface area (Å²) in [7, 11) is 0. The zero-order valence-corrected chi connectivity index (χ0v) is 77.9. The van der Waals surface area contributed by atoms with E-state index >= 15 is 9.59 Å². The van der Waals surface area contributed by atoms with Crippen molar-refractivity contribution in [2.45, 2.75) is 360 Å². The molecule has 1 aromatic carbocycles. The molecule has 6 unspecified atom stereocenters. The predicted molar refractivity (Wildman–Crippen MR) is 483 cm³/mol. The number of phenolic OH excluding ortho intramolecular Hbond substituents is 1. The monoisotopic (exact) mass is 1790 g/mol. The van der Waals surface area contributed by atoms with Crippen molar-refractivity contribution in [1.82, 2.24) is 79.4 Å². The van der Waals surface area contributed by atoms with Crippen LogP contribution in [0.3, 0.4) is 0 Å². The molecule has 127 heavy (non-hydrogen) atoms. The molecule has 18 atom stereocenters. The van der Waals surface area contributed by atoms with Crippen LogP contribution in [0.5, 0.6) is 5.75 Å². The first-order chi connectivity index (χ1) is 60.0. The lowest BCUT2D eigenvalue weighted by Gasteiger charge is -2.35. The van der Waals surface area contributed by atoms with Crippen molar-refractivity contribution in [1.29, 1.82) is 0 Å². The number of Topliss-reactive ketones (excluding diaryl/α,β-unsaturated/α-hetero) is 2. The number of allylic oxidation sites excluding steroid dienone is 2. The number of aliphatic hydroxyl groups is 1. The summed E-state index contributed by atoms with van der Waals surface area (Å²) in [5.41, 5.74) is 17.1. The smallest absolute Gasteiger partial charge is 0.246 e. The van der Waals surface area contributed by atoms with Crippen LogP contribution in [0.2, 0.25) is 0 Å². The Kier molecular flexibility index (Phi) is 50.6. The summed E-state index contributed by atoms with van der Waals surface area (Å²) >= 11 is 0. The molecule has 0 aromatic heterocycles. The molecular weight excluding hydrogens is 1640 g/mol. The van der Waals surface area contributed by atoms with Gasteiger partial charge in [-0.15, -0.1) is 0 Å². The van der Waals surface area contributed by atoms with E-state index in [-0.39, 0.29) is 95.0 Å². The number of nitrogens with zero attached hydrogens (tertiary/aromatic N) is 1. The van der Waals surface area contributed by atoms with Crippen LogP contribution in [0.4, 0.5) is 0 Å². The van der Waals surface area contributed by atoms with Gasteiger partial charge < -0.3 is 101 Å². The van der Waals surface area contributed by atoms with Gasteiger partial charge in [-0.1, -0.05) is 132 Å². The minimum Gasteiger partial charge on any atom is -0.508 e. The molecule has 0 radical (unpaired) electrons. The minimum atomic E-state index is -1.85. The number of carbonyl (C=O) groups is 16. The van der Waals surface area contributed by atoms with Crippen molar-refractivity contribution in [3.63, 3.8) is 0 Å². The average Bonchev–Trinajstić information content (AvgIpc) is 1.80. The predicted octanol–water partition coefficient (Wildman–Crippen LogP) is 1.38. The number of aromatic hydroxyl groups is 1. The van der Waals surface area contributed by atoms with Crippen molar-refractivity contribution >= 4 is 94.6 Å². The number of hydrazine groups is 1. The third-order valence-electron chi connectivity index (χ3n) is 23.7. The maximum Gasteiger partial charge on any atom is 0.246 e. The quantitative estimate of drug-likeness (QED) is 0.0110. The van der Waals surface area contributed by atoms with Gasteiger partial charge >= 0.3 is 0 Å². The number of benzene rings is 1. The number of hydrogen-bond donors (Lipinski definition) is 20. The van der Waals surface area contributed by atoms with Gasteiger partial charge in [-0.2, -0.15) is 0 Å². The van der Waals surface area contributed by atoms with E-state index in [0.29, 0.717) is 121 Å². The van der Waals surface area contributed by atoms with Crippen molar-refractivity contribution in [2.75, 3.05) is 32.8 Å². The standard InChI is InChI=1S/C90H155N19O18/c1-16-56(9)72(84(123)101-67(48-53(3)4)80(119)97-62(51-110)52-111)103-82(121)69(50-61-38-40-63(112)41-39-61)100-76(115)59(12)96-87(126)90(15)43-29-24-22-20-18-19-21-23-28-42-89(14,106-58(11)74(113)75(114)70-37-33-47-109(70)86(125)66(108-94)36-27-32-46-93)88(127)105-71(55(7)8)83(122)104-73(57(10)17-2)85(124)102-68(49-54(5)6)81(120)99-65(35-26-31-45-92)79(118)98-64(34-25-30-44-91)78(117)95-60(13)77(116)107-90/h20,22,38-41,51,53-60,62,64-73,106,108,111-112H,16-19,21,23-37,42-50,52,91-94H2,1-15H3,(H,95,117)(H,96,126)(H,97,119)(H,98,118)(H,99,120)(H,100,115)(H,101,123)(H,102,124)(H,103,121)(H,104,122)(H,105,127)(H,107,116)/t56-,57-,58-,59?,60?,62?,64-,65?,66-,67-,68-,69-,70-,71-,72-,73-,89?,90?/m0/s1. The minimum absolute atomic E-state index is 0.00704. The Bertz CT molecular complexity index is 3760. The van der Waals surface area contributed by atoms with Crippen LogP contribution in [-0.4, -0.2) is 238 Å². The summed E-state index contributed by atoms with van der Waals surface area (Å²) in [5, 5.41) is 56.1. The number of hydrogen-bond acceptors (Lipinski definition) is 24. The van der Waals surface area contributed by atoms with Crippen molar-refractivity contribution in [3.05, 3.63) is 42.0 Å². The molecule has 1 saturated heterocycles. The lowest BCUT2D eigenvalue weighted by atomic mass is 9.89. The van der Waals surface area contributed by atoms with Gasteiger partial charge in [0.25, 0.3) is 0 Å². The topological polar surface area (TPSA) is 589 Å². The van der Waals surface area contributed by atoms with Crippen molar-refractivity contribution in [2.24, 2.45) is 52.6 Å². The highest BCUT2D eigenvalue weighted by Crippen LogP contribution is 2.26. The SMILES string of the molecule is CC[C@H](C)[C@H](NC(=O)[C@H](Cc1ccc(O)cc1)NC(=O)C(C)NC(=O)C1(C)CCCC=CCCCCCCC(C)(N[C@@H](C)C(=O)C(=O)[C@@H]2CCCN2C(=O)[C@H](CCCCN)NN)C(=O)N[C@@H](C(C)C)C(=O)N[C@@H]([C@@H](C)CC)C(=O)N[C@@H](CC(C)C)C(=O)NC(CCCCN)C(=O)N[C@@H](CCCCN)C(=O)NC(C)C(=O)N1)C(=O)N[C@@H](CC(C)C)C(=O)NC(C=O)CO. The summed E-state index contributed by atoms with van der Waals surface area (Å²) < 4.78 is 0. The highest BCUT2D eigenvalue weighted by molar-refractivity contribution is 6.41. The zero-order valence-electron chi connectivity index (χ0n) is 77.9. The molecule has 1 aromatic rings. The number of amides is 13. The van der Waals surface area contributed by atoms with Gasteiger partial charge in [0, 0.05) is 13.0 Å². The van der Waals surface area contributed by atoms with E-state index < -0.39 is 208 Å². The number of aliphatic hydroxyl groups excluding tert-OH is 1. The molecule has 718 valence electrons. The molecule has 2 heterocycles.